The first-order valence-electron chi connectivity index (χ1n) is 8.06. The Morgan fingerprint density at radius 1 is 1.20 bits per heavy atom. The number of carboxylic acids is 1. The molecular weight excluding hydrogens is 323 g/mol. The Hall–Kier alpha value is -2.73. The summed E-state index contributed by atoms with van der Waals surface area (Å²) in [5.74, 6) is -2.37. The Morgan fingerprint density at radius 2 is 1.92 bits per heavy atom. The molecule has 0 spiro atoms. The van der Waals surface area contributed by atoms with Crippen LogP contribution in [0.1, 0.15) is 28.3 Å². The summed E-state index contributed by atoms with van der Waals surface area (Å²) in [5.41, 5.74) is 0.928. The van der Waals surface area contributed by atoms with Crippen molar-refractivity contribution in [3.05, 3.63) is 65.5 Å². The minimum absolute atomic E-state index is 0.0642. The van der Waals surface area contributed by atoms with Gasteiger partial charge in [-0.2, -0.15) is 0 Å². The third-order valence-electron chi connectivity index (χ3n) is 4.61. The van der Waals surface area contributed by atoms with Gasteiger partial charge in [0.1, 0.15) is 5.82 Å². The molecule has 2 atom stereocenters. The van der Waals surface area contributed by atoms with Gasteiger partial charge in [0.2, 0.25) is 5.91 Å². The van der Waals surface area contributed by atoms with Crippen LogP contribution < -0.4 is 5.32 Å². The summed E-state index contributed by atoms with van der Waals surface area (Å²) in [7, 11) is 1.89. The minimum Gasteiger partial charge on any atom is -0.478 e. The molecule has 1 aliphatic rings. The van der Waals surface area contributed by atoms with Crippen molar-refractivity contribution in [2.24, 2.45) is 0 Å². The molecule has 3 rings (SSSR count). The monoisotopic (exact) mass is 342 g/mol. The fraction of sp³-hybridized carbons (Fsp3) is 0.263. The van der Waals surface area contributed by atoms with Gasteiger partial charge in [0.15, 0.2) is 0 Å². The number of nitrogens with zero attached hydrogens (tertiary/aromatic N) is 1. The molecule has 0 bridgehead atoms. The molecule has 1 fully saturated rings. The molecule has 0 aliphatic carbocycles. The lowest BCUT2D eigenvalue weighted by Crippen LogP contribution is -2.40. The van der Waals surface area contributed by atoms with Gasteiger partial charge in [-0.3, -0.25) is 9.69 Å². The second-order valence-electron chi connectivity index (χ2n) is 6.22. The molecule has 2 N–H and O–H groups in total. The van der Waals surface area contributed by atoms with E-state index in [4.69, 9.17) is 5.11 Å². The van der Waals surface area contributed by atoms with E-state index in [1.807, 2.05) is 42.3 Å². The standard InChI is InChI=1S/C19H19FN2O3/c1-22-10-9-14(12-5-3-2-4-6-12)17(22)18(23)21-13-7-8-15(19(24)25)16(20)11-13/h2-8,11,14,17H,9-10H2,1H3,(H,21,23)(H,24,25). The summed E-state index contributed by atoms with van der Waals surface area (Å²) in [5, 5.41) is 11.6. The molecule has 2 aromatic carbocycles. The first kappa shape index (κ1) is 17.1. The van der Waals surface area contributed by atoms with E-state index in [2.05, 4.69) is 5.32 Å². The number of hydrogen-bond donors (Lipinski definition) is 2. The summed E-state index contributed by atoms with van der Waals surface area (Å²) in [6.07, 6.45) is 0.866. The van der Waals surface area contributed by atoms with Crippen LogP contribution in [0.15, 0.2) is 48.5 Å². The number of rotatable bonds is 4. The van der Waals surface area contributed by atoms with E-state index in [1.54, 1.807) is 0 Å². The number of aromatic carboxylic acids is 1. The van der Waals surface area contributed by atoms with Gasteiger partial charge in [0.05, 0.1) is 11.6 Å². The molecule has 1 amide bonds. The summed E-state index contributed by atoms with van der Waals surface area (Å²) in [4.78, 5) is 25.6. The number of nitrogens with one attached hydrogen (secondary N) is 1. The highest BCUT2D eigenvalue weighted by molar-refractivity contribution is 5.96. The van der Waals surface area contributed by atoms with Crippen molar-refractivity contribution >= 4 is 17.6 Å². The van der Waals surface area contributed by atoms with Gasteiger partial charge < -0.3 is 10.4 Å². The average molecular weight is 342 g/mol. The van der Waals surface area contributed by atoms with Crippen molar-refractivity contribution in [3.8, 4) is 0 Å². The Morgan fingerprint density at radius 3 is 2.56 bits per heavy atom. The summed E-state index contributed by atoms with van der Waals surface area (Å²) in [6.45, 7) is 0.796. The van der Waals surface area contributed by atoms with E-state index < -0.39 is 17.3 Å². The van der Waals surface area contributed by atoms with Gasteiger partial charge in [-0.1, -0.05) is 30.3 Å². The van der Waals surface area contributed by atoms with Gasteiger partial charge in [0, 0.05) is 11.6 Å². The predicted molar refractivity (Wildman–Crippen MR) is 92.2 cm³/mol. The topological polar surface area (TPSA) is 69.6 Å². The number of likely N-dealkylation sites (tertiary alicyclic amines) is 1. The quantitative estimate of drug-likeness (QED) is 0.896. The van der Waals surface area contributed by atoms with Crippen LogP contribution in [0.3, 0.4) is 0 Å². The van der Waals surface area contributed by atoms with E-state index in [1.165, 1.54) is 6.07 Å². The number of anilines is 1. The number of benzene rings is 2. The SMILES string of the molecule is CN1CCC(c2ccccc2)C1C(=O)Nc1ccc(C(=O)O)c(F)c1. The van der Waals surface area contributed by atoms with E-state index in [-0.39, 0.29) is 23.6 Å². The van der Waals surface area contributed by atoms with E-state index in [9.17, 15) is 14.0 Å². The molecule has 1 saturated heterocycles. The smallest absolute Gasteiger partial charge is 0.338 e. The Bertz CT molecular complexity index is 795. The van der Waals surface area contributed by atoms with Gasteiger partial charge >= 0.3 is 5.97 Å². The zero-order valence-corrected chi connectivity index (χ0v) is 13.8. The van der Waals surface area contributed by atoms with Crippen molar-refractivity contribution in [1.82, 2.24) is 4.90 Å². The first-order valence-corrected chi connectivity index (χ1v) is 8.06. The second kappa shape index (κ2) is 7.03. The lowest BCUT2D eigenvalue weighted by atomic mass is 9.91. The van der Waals surface area contributed by atoms with Crippen LogP contribution in [0.2, 0.25) is 0 Å². The van der Waals surface area contributed by atoms with Gasteiger partial charge in [-0.25, -0.2) is 9.18 Å². The zero-order chi connectivity index (χ0) is 18.0. The Kier molecular flexibility index (Phi) is 4.81. The number of likely N-dealkylation sites (N-methyl/N-ethyl adjacent to an activating group) is 1. The molecular formula is C19H19FN2O3. The Balaban J connectivity index is 1.79. The van der Waals surface area contributed by atoms with Crippen molar-refractivity contribution in [3.63, 3.8) is 0 Å². The molecule has 0 radical (unpaired) electrons. The molecule has 0 saturated carbocycles. The molecule has 1 aliphatic heterocycles. The maximum Gasteiger partial charge on any atom is 0.338 e. The zero-order valence-electron chi connectivity index (χ0n) is 13.8. The Labute approximate surface area is 145 Å². The van der Waals surface area contributed by atoms with Crippen LogP contribution in [-0.4, -0.2) is 41.5 Å². The minimum atomic E-state index is -1.34. The average Bonchev–Trinajstić information content (AvgIpc) is 2.97. The van der Waals surface area contributed by atoms with Crippen LogP contribution in [0, 0.1) is 5.82 Å². The summed E-state index contributed by atoms with van der Waals surface area (Å²) < 4.78 is 13.8. The largest absolute Gasteiger partial charge is 0.478 e. The molecule has 130 valence electrons. The second-order valence-corrected chi connectivity index (χ2v) is 6.22. The number of carboxylic acid groups (broad SMARTS) is 1. The third-order valence-corrected chi connectivity index (χ3v) is 4.61. The molecule has 0 aromatic heterocycles. The molecule has 5 nitrogen and oxygen atoms in total. The molecule has 2 aromatic rings. The highest BCUT2D eigenvalue weighted by Crippen LogP contribution is 2.33. The van der Waals surface area contributed by atoms with Crippen LogP contribution in [0.5, 0.6) is 0 Å². The first-order chi connectivity index (χ1) is 12.0. The van der Waals surface area contributed by atoms with Gasteiger partial charge in [-0.05, 0) is 43.8 Å². The molecule has 6 heteroatoms. The van der Waals surface area contributed by atoms with E-state index in [0.717, 1.165) is 30.7 Å². The van der Waals surface area contributed by atoms with Crippen molar-refractivity contribution < 1.29 is 19.1 Å². The molecule has 2 unspecified atom stereocenters. The van der Waals surface area contributed by atoms with E-state index >= 15 is 0 Å². The van der Waals surface area contributed by atoms with Crippen LogP contribution >= 0.6 is 0 Å². The summed E-state index contributed by atoms with van der Waals surface area (Å²) >= 11 is 0. The highest BCUT2D eigenvalue weighted by atomic mass is 19.1. The number of carbonyl (C=O) groups is 2. The maximum atomic E-state index is 13.8. The van der Waals surface area contributed by atoms with Crippen LogP contribution in [0.25, 0.3) is 0 Å². The number of amides is 1. The number of carbonyl (C=O) groups excluding carboxylic acids is 1. The fourth-order valence-corrected chi connectivity index (χ4v) is 3.36. The predicted octanol–water partition coefficient (Wildman–Crippen LogP) is 2.95. The number of hydrogen-bond acceptors (Lipinski definition) is 3. The third kappa shape index (κ3) is 3.53. The number of halogens is 1. The lowest BCUT2D eigenvalue weighted by Gasteiger charge is -2.24. The normalized spacial score (nSPS) is 20.4. The maximum absolute atomic E-state index is 13.8. The van der Waals surface area contributed by atoms with E-state index in [0.29, 0.717) is 0 Å². The van der Waals surface area contributed by atoms with Gasteiger partial charge in [-0.15, -0.1) is 0 Å². The lowest BCUT2D eigenvalue weighted by molar-refractivity contribution is -0.120. The molecule has 25 heavy (non-hydrogen) atoms. The summed E-state index contributed by atoms with van der Waals surface area (Å²) in [6, 6.07) is 13.1. The van der Waals surface area contributed by atoms with Crippen molar-refractivity contribution in [2.45, 2.75) is 18.4 Å². The highest BCUT2D eigenvalue weighted by Gasteiger charge is 2.38. The van der Waals surface area contributed by atoms with Gasteiger partial charge in [0.25, 0.3) is 0 Å². The molecule has 1 heterocycles. The fourth-order valence-electron chi connectivity index (χ4n) is 3.36. The van der Waals surface area contributed by atoms with Crippen molar-refractivity contribution in [1.29, 1.82) is 0 Å². The van der Waals surface area contributed by atoms with Crippen LogP contribution in [0.4, 0.5) is 10.1 Å². The van der Waals surface area contributed by atoms with Crippen molar-refractivity contribution in [2.75, 3.05) is 18.9 Å². The van der Waals surface area contributed by atoms with Crippen LogP contribution in [-0.2, 0) is 4.79 Å².